The highest BCUT2D eigenvalue weighted by atomic mass is 35.5. The number of hydrogen-bond donors (Lipinski definition) is 1. The smallest absolute Gasteiger partial charge is 0.119 e. The quantitative estimate of drug-likeness (QED) is 0.901. The molecule has 0 bridgehead atoms. The molecule has 6 heteroatoms. The van der Waals surface area contributed by atoms with Crippen molar-refractivity contribution in [1.29, 1.82) is 0 Å². The Kier molecular flexibility index (Phi) is 9.94. The first kappa shape index (κ1) is 19.4. The highest BCUT2D eigenvalue weighted by Gasteiger charge is 2.21. The van der Waals surface area contributed by atoms with Gasteiger partial charge in [0.1, 0.15) is 12.4 Å². The Balaban J connectivity index is 0.00000180. The molecule has 0 saturated carbocycles. The van der Waals surface area contributed by atoms with E-state index in [0.717, 1.165) is 37.5 Å². The first-order valence-corrected chi connectivity index (χ1v) is 6.58. The highest BCUT2D eigenvalue weighted by Crippen LogP contribution is 2.24. The van der Waals surface area contributed by atoms with Gasteiger partial charge in [-0.05, 0) is 24.6 Å². The summed E-state index contributed by atoms with van der Waals surface area (Å²) in [5, 5.41) is 3.29. The molecule has 1 saturated heterocycles. The van der Waals surface area contributed by atoms with Crippen LogP contribution in [0, 0.1) is 0 Å². The van der Waals surface area contributed by atoms with Crippen LogP contribution in [0.15, 0.2) is 24.3 Å². The fraction of sp³-hybridized carbons (Fsp3) is 0.571. The number of benzene rings is 1. The lowest BCUT2D eigenvalue weighted by Gasteiger charge is -2.33. The predicted octanol–water partition coefficient (Wildman–Crippen LogP) is 2.84. The van der Waals surface area contributed by atoms with Crippen LogP contribution in [0.25, 0.3) is 0 Å². The van der Waals surface area contributed by atoms with Crippen LogP contribution in [0.1, 0.15) is 18.5 Å². The minimum absolute atomic E-state index is 0. The summed E-state index contributed by atoms with van der Waals surface area (Å²) in [6.07, 6.45) is 0. The molecule has 20 heavy (non-hydrogen) atoms. The van der Waals surface area contributed by atoms with Gasteiger partial charge in [-0.25, -0.2) is 4.39 Å². The van der Waals surface area contributed by atoms with Gasteiger partial charge in [0.15, 0.2) is 0 Å². The average molecular weight is 325 g/mol. The minimum Gasteiger partial charge on any atom is -0.494 e. The normalized spacial score (nSPS) is 16.7. The maximum absolute atomic E-state index is 13.3. The molecule has 1 heterocycles. The number of nitrogens with zero attached hydrogens (tertiary/aromatic N) is 1. The largest absolute Gasteiger partial charge is 0.494 e. The third kappa shape index (κ3) is 5.09. The summed E-state index contributed by atoms with van der Waals surface area (Å²) in [6.45, 7) is 5.96. The molecule has 1 atom stereocenters. The highest BCUT2D eigenvalue weighted by molar-refractivity contribution is 5.85. The van der Waals surface area contributed by atoms with E-state index in [1.54, 1.807) is 0 Å². The zero-order chi connectivity index (χ0) is 12.8. The van der Waals surface area contributed by atoms with Gasteiger partial charge in [0.2, 0.25) is 0 Å². The topological polar surface area (TPSA) is 24.5 Å². The number of rotatable bonds is 5. The molecular weight excluding hydrogens is 302 g/mol. The molecule has 0 aromatic heterocycles. The molecule has 0 unspecified atom stereocenters. The summed E-state index contributed by atoms with van der Waals surface area (Å²) in [4.78, 5) is 2.20. The van der Waals surface area contributed by atoms with Gasteiger partial charge in [0.25, 0.3) is 0 Å². The molecule has 116 valence electrons. The molecular formula is C14H23Cl2FN2O. The van der Waals surface area contributed by atoms with Crippen LogP contribution in [-0.4, -0.2) is 44.4 Å². The van der Waals surface area contributed by atoms with Crippen molar-refractivity contribution < 1.29 is 9.13 Å². The predicted molar refractivity (Wildman–Crippen MR) is 85.3 cm³/mol. The van der Waals surface area contributed by atoms with Crippen molar-refractivity contribution in [2.45, 2.75) is 13.0 Å². The van der Waals surface area contributed by atoms with E-state index in [-0.39, 0.29) is 37.5 Å². The van der Waals surface area contributed by atoms with Crippen molar-refractivity contribution in [3.8, 4) is 5.75 Å². The third-order valence-corrected chi connectivity index (χ3v) is 3.31. The molecule has 1 fully saturated rings. The molecule has 1 N–H and O–H groups in total. The number of nitrogens with one attached hydrogen (secondary N) is 1. The fourth-order valence-electron chi connectivity index (χ4n) is 2.34. The van der Waals surface area contributed by atoms with Crippen LogP contribution < -0.4 is 10.1 Å². The zero-order valence-corrected chi connectivity index (χ0v) is 13.3. The van der Waals surface area contributed by atoms with Crippen LogP contribution in [0.5, 0.6) is 5.75 Å². The Hall–Kier alpha value is -0.550. The van der Waals surface area contributed by atoms with Gasteiger partial charge in [-0.2, -0.15) is 0 Å². The summed E-state index contributed by atoms with van der Waals surface area (Å²) >= 11 is 0. The summed E-state index contributed by atoms with van der Waals surface area (Å²) < 4.78 is 18.7. The monoisotopic (exact) mass is 324 g/mol. The van der Waals surface area contributed by atoms with Crippen LogP contribution in [0.4, 0.5) is 4.39 Å². The maximum Gasteiger partial charge on any atom is 0.119 e. The Morgan fingerprint density at radius 2 is 1.80 bits per heavy atom. The average Bonchev–Trinajstić information content (AvgIpc) is 2.43. The van der Waals surface area contributed by atoms with E-state index in [0.29, 0.717) is 6.61 Å². The van der Waals surface area contributed by atoms with Crippen molar-refractivity contribution >= 4 is 24.8 Å². The standard InChI is InChI=1S/C14H21FN2O.2ClH/c1-2-18-13-5-3-12(4-6-13)14(11-15)17-9-7-16-8-10-17;;/h3-6,14,16H,2,7-11H2,1H3;2*1H/t14-;;/m0../s1. The first-order chi connectivity index (χ1) is 8.85. The second-order valence-electron chi connectivity index (χ2n) is 4.46. The molecule has 1 aliphatic rings. The lowest BCUT2D eigenvalue weighted by Crippen LogP contribution is -2.45. The summed E-state index contributed by atoms with van der Waals surface area (Å²) in [5.74, 6) is 0.846. The second-order valence-corrected chi connectivity index (χ2v) is 4.46. The van der Waals surface area contributed by atoms with E-state index in [4.69, 9.17) is 4.74 Å². The second kappa shape index (κ2) is 10.2. The van der Waals surface area contributed by atoms with Crippen LogP contribution in [0.2, 0.25) is 0 Å². The number of halogens is 3. The van der Waals surface area contributed by atoms with Crippen molar-refractivity contribution in [3.63, 3.8) is 0 Å². The Labute approximate surface area is 132 Å². The minimum atomic E-state index is -0.339. The molecule has 1 aliphatic heterocycles. The molecule has 3 nitrogen and oxygen atoms in total. The summed E-state index contributed by atoms with van der Waals surface area (Å²) in [6, 6.07) is 7.66. The molecule has 1 aromatic rings. The van der Waals surface area contributed by atoms with Crippen molar-refractivity contribution in [2.24, 2.45) is 0 Å². The first-order valence-electron chi connectivity index (χ1n) is 6.58. The van der Waals surface area contributed by atoms with Gasteiger partial charge in [0, 0.05) is 26.2 Å². The number of hydrogen-bond acceptors (Lipinski definition) is 3. The third-order valence-electron chi connectivity index (χ3n) is 3.31. The van der Waals surface area contributed by atoms with Gasteiger partial charge in [-0.3, -0.25) is 4.90 Å². The van der Waals surface area contributed by atoms with Crippen LogP contribution >= 0.6 is 24.8 Å². The van der Waals surface area contributed by atoms with E-state index >= 15 is 0 Å². The van der Waals surface area contributed by atoms with E-state index in [9.17, 15) is 4.39 Å². The van der Waals surface area contributed by atoms with E-state index in [2.05, 4.69) is 10.2 Å². The number of alkyl halides is 1. The molecule has 0 radical (unpaired) electrons. The van der Waals surface area contributed by atoms with Crippen molar-refractivity contribution in [3.05, 3.63) is 29.8 Å². The lowest BCUT2D eigenvalue weighted by molar-refractivity contribution is 0.147. The number of ether oxygens (including phenoxy) is 1. The summed E-state index contributed by atoms with van der Waals surface area (Å²) in [7, 11) is 0. The molecule has 1 aromatic carbocycles. The fourth-order valence-corrected chi connectivity index (χ4v) is 2.34. The summed E-state index contributed by atoms with van der Waals surface area (Å²) in [5.41, 5.74) is 1.03. The van der Waals surface area contributed by atoms with Crippen molar-refractivity contribution in [2.75, 3.05) is 39.5 Å². The molecule has 0 aliphatic carbocycles. The van der Waals surface area contributed by atoms with E-state index in [1.165, 1.54) is 0 Å². The Bertz CT molecular complexity index is 359. The molecule has 0 amide bonds. The molecule has 2 rings (SSSR count). The van der Waals surface area contributed by atoms with Crippen LogP contribution in [-0.2, 0) is 0 Å². The zero-order valence-electron chi connectivity index (χ0n) is 11.7. The van der Waals surface area contributed by atoms with Gasteiger partial charge in [-0.1, -0.05) is 12.1 Å². The van der Waals surface area contributed by atoms with Crippen molar-refractivity contribution in [1.82, 2.24) is 10.2 Å². The molecule has 0 spiro atoms. The van der Waals surface area contributed by atoms with Gasteiger partial charge in [0.05, 0.1) is 12.6 Å². The van der Waals surface area contributed by atoms with Gasteiger partial charge >= 0.3 is 0 Å². The Morgan fingerprint density at radius 3 is 2.30 bits per heavy atom. The maximum atomic E-state index is 13.3. The van der Waals surface area contributed by atoms with Gasteiger partial charge < -0.3 is 10.1 Å². The van der Waals surface area contributed by atoms with Gasteiger partial charge in [-0.15, -0.1) is 24.8 Å². The van der Waals surface area contributed by atoms with E-state index in [1.807, 2.05) is 31.2 Å². The van der Waals surface area contributed by atoms with Crippen LogP contribution in [0.3, 0.4) is 0 Å². The lowest BCUT2D eigenvalue weighted by atomic mass is 10.1. The Morgan fingerprint density at radius 1 is 1.20 bits per heavy atom. The number of piperazine rings is 1. The SMILES string of the molecule is CCOc1ccc([C@H](CF)N2CCNCC2)cc1.Cl.Cl. The van der Waals surface area contributed by atoms with E-state index < -0.39 is 0 Å².